The summed E-state index contributed by atoms with van der Waals surface area (Å²) in [5, 5.41) is 19.0. The van der Waals surface area contributed by atoms with Gasteiger partial charge in [0.25, 0.3) is 5.91 Å². The summed E-state index contributed by atoms with van der Waals surface area (Å²) in [5.74, 6) is 0.376. The average molecular weight is 247 g/mol. The van der Waals surface area contributed by atoms with Crippen LogP contribution in [-0.2, 0) is 0 Å². The van der Waals surface area contributed by atoms with Gasteiger partial charge in [-0.3, -0.25) is 4.79 Å². The van der Waals surface area contributed by atoms with E-state index < -0.39 is 0 Å². The van der Waals surface area contributed by atoms with E-state index >= 15 is 0 Å². The first-order valence-corrected chi connectivity index (χ1v) is 6.48. The van der Waals surface area contributed by atoms with Gasteiger partial charge in [-0.05, 0) is 43.7 Å². The van der Waals surface area contributed by atoms with E-state index in [1.54, 1.807) is 0 Å². The molecule has 4 nitrogen and oxygen atoms in total. The molecule has 1 aromatic rings. The van der Waals surface area contributed by atoms with Gasteiger partial charge >= 0.3 is 0 Å². The zero-order chi connectivity index (χ0) is 12.7. The Labute approximate surface area is 106 Å². The van der Waals surface area contributed by atoms with Crippen LogP contribution in [0.2, 0.25) is 0 Å². The first kappa shape index (κ1) is 11.4. The lowest BCUT2D eigenvalue weighted by molar-refractivity contribution is 0.0731. The molecule has 0 saturated heterocycles. The Balaban J connectivity index is 1.81. The summed E-state index contributed by atoms with van der Waals surface area (Å²) in [6.07, 6.45) is 4.55. The molecule has 2 N–H and O–H groups in total. The van der Waals surface area contributed by atoms with Crippen molar-refractivity contribution in [3.05, 3.63) is 23.8 Å². The van der Waals surface area contributed by atoms with E-state index in [1.807, 2.05) is 4.90 Å². The summed E-state index contributed by atoms with van der Waals surface area (Å²) in [7, 11) is 0. The third kappa shape index (κ3) is 2.28. The minimum atomic E-state index is -0.138. The van der Waals surface area contributed by atoms with Gasteiger partial charge in [-0.2, -0.15) is 0 Å². The molecule has 4 heteroatoms. The SMILES string of the molecule is O=C(c1ccc(O)cc1O)N(CC1CC1)C1CC1. The molecular weight excluding hydrogens is 230 g/mol. The average Bonchev–Trinajstić information content (AvgIpc) is 3.18. The van der Waals surface area contributed by atoms with Crippen molar-refractivity contribution in [1.82, 2.24) is 4.90 Å². The Morgan fingerprint density at radius 2 is 1.94 bits per heavy atom. The monoisotopic (exact) mass is 247 g/mol. The molecule has 1 aromatic carbocycles. The molecule has 0 aromatic heterocycles. The Morgan fingerprint density at radius 3 is 2.50 bits per heavy atom. The van der Waals surface area contributed by atoms with Crippen molar-refractivity contribution in [2.75, 3.05) is 6.54 Å². The van der Waals surface area contributed by atoms with Crippen molar-refractivity contribution >= 4 is 5.91 Å². The maximum Gasteiger partial charge on any atom is 0.257 e. The highest BCUT2D eigenvalue weighted by Gasteiger charge is 2.37. The van der Waals surface area contributed by atoms with Crippen molar-refractivity contribution in [3.8, 4) is 11.5 Å². The fourth-order valence-electron chi connectivity index (χ4n) is 2.22. The fraction of sp³-hybridized carbons (Fsp3) is 0.500. The van der Waals surface area contributed by atoms with Crippen molar-refractivity contribution in [2.45, 2.75) is 31.7 Å². The van der Waals surface area contributed by atoms with Crippen molar-refractivity contribution in [2.24, 2.45) is 5.92 Å². The normalized spacial score (nSPS) is 18.7. The van der Waals surface area contributed by atoms with Gasteiger partial charge in [-0.1, -0.05) is 0 Å². The van der Waals surface area contributed by atoms with E-state index in [0.29, 0.717) is 17.5 Å². The van der Waals surface area contributed by atoms with Gasteiger partial charge in [0.05, 0.1) is 5.56 Å². The van der Waals surface area contributed by atoms with Gasteiger partial charge < -0.3 is 15.1 Å². The van der Waals surface area contributed by atoms with E-state index in [2.05, 4.69) is 0 Å². The lowest BCUT2D eigenvalue weighted by atomic mass is 10.1. The van der Waals surface area contributed by atoms with E-state index in [-0.39, 0.29) is 17.4 Å². The number of hydrogen-bond donors (Lipinski definition) is 2. The largest absolute Gasteiger partial charge is 0.508 e. The van der Waals surface area contributed by atoms with Gasteiger partial charge in [0, 0.05) is 18.7 Å². The topological polar surface area (TPSA) is 60.8 Å². The molecule has 0 radical (unpaired) electrons. The van der Waals surface area contributed by atoms with E-state index in [1.165, 1.54) is 31.0 Å². The third-order valence-electron chi connectivity index (χ3n) is 3.61. The Morgan fingerprint density at radius 1 is 1.22 bits per heavy atom. The lowest BCUT2D eigenvalue weighted by Crippen LogP contribution is -2.34. The van der Waals surface area contributed by atoms with Crippen LogP contribution in [0, 0.1) is 5.92 Å². The molecule has 3 rings (SSSR count). The maximum atomic E-state index is 12.4. The van der Waals surface area contributed by atoms with Gasteiger partial charge in [-0.25, -0.2) is 0 Å². The van der Waals surface area contributed by atoms with Crippen LogP contribution in [0.3, 0.4) is 0 Å². The maximum absolute atomic E-state index is 12.4. The summed E-state index contributed by atoms with van der Waals surface area (Å²) >= 11 is 0. The molecular formula is C14H17NO3. The number of carbonyl (C=O) groups excluding carboxylic acids is 1. The summed E-state index contributed by atoms with van der Waals surface area (Å²) < 4.78 is 0. The first-order valence-electron chi connectivity index (χ1n) is 6.48. The van der Waals surface area contributed by atoms with Gasteiger partial charge in [0.2, 0.25) is 0 Å². The van der Waals surface area contributed by atoms with Crippen LogP contribution >= 0.6 is 0 Å². The number of benzene rings is 1. The van der Waals surface area contributed by atoms with Crippen LogP contribution in [0.4, 0.5) is 0 Å². The molecule has 0 heterocycles. The molecule has 0 spiro atoms. The van der Waals surface area contributed by atoms with E-state index in [9.17, 15) is 15.0 Å². The summed E-state index contributed by atoms with van der Waals surface area (Å²) in [6, 6.07) is 4.51. The Bertz CT molecular complexity index is 478. The number of rotatable bonds is 4. The predicted octanol–water partition coefficient (Wildman–Crippen LogP) is 2.11. The van der Waals surface area contributed by atoms with E-state index in [0.717, 1.165) is 19.4 Å². The molecule has 2 aliphatic carbocycles. The Hall–Kier alpha value is -1.71. The quantitative estimate of drug-likeness (QED) is 0.856. The number of amides is 1. The summed E-state index contributed by atoms with van der Waals surface area (Å²) in [4.78, 5) is 14.3. The van der Waals surface area contributed by atoms with Gasteiger partial charge in [0.15, 0.2) is 0 Å². The van der Waals surface area contributed by atoms with Crippen molar-refractivity contribution < 1.29 is 15.0 Å². The van der Waals surface area contributed by atoms with Gasteiger partial charge in [-0.15, -0.1) is 0 Å². The number of carbonyl (C=O) groups is 1. The second kappa shape index (κ2) is 4.19. The molecule has 2 saturated carbocycles. The molecule has 0 atom stereocenters. The van der Waals surface area contributed by atoms with Crippen LogP contribution in [0.25, 0.3) is 0 Å². The smallest absolute Gasteiger partial charge is 0.257 e. The third-order valence-corrected chi connectivity index (χ3v) is 3.61. The summed E-state index contributed by atoms with van der Waals surface area (Å²) in [5.41, 5.74) is 0.292. The highest BCUT2D eigenvalue weighted by atomic mass is 16.3. The minimum absolute atomic E-state index is 0.0239. The minimum Gasteiger partial charge on any atom is -0.508 e. The van der Waals surface area contributed by atoms with Crippen LogP contribution in [0.15, 0.2) is 18.2 Å². The molecule has 2 fully saturated rings. The number of nitrogens with zero attached hydrogens (tertiary/aromatic N) is 1. The fourth-order valence-corrected chi connectivity index (χ4v) is 2.22. The second-order valence-corrected chi connectivity index (χ2v) is 5.33. The van der Waals surface area contributed by atoms with Crippen molar-refractivity contribution in [3.63, 3.8) is 0 Å². The van der Waals surface area contributed by atoms with Crippen LogP contribution in [0.1, 0.15) is 36.0 Å². The van der Waals surface area contributed by atoms with Gasteiger partial charge in [0.1, 0.15) is 11.5 Å². The van der Waals surface area contributed by atoms with Crippen LogP contribution in [0.5, 0.6) is 11.5 Å². The zero-order valence-electron chi connectivity index (χ0n) is 10.2. The lowest BCUT2D eigenvalue weighted by Gasteiger charge is -2.22. The standard InChI is InChI=1S/C14H17NO3/c16-11-5-6-12(13(17)7-11)14(18)15(10-3-4-10)8-9-1-2-9/h5-7,9-10,16-17H,1-4,8H2. The first-order chi connectivity index (χ1) is 8.65. The number of phenols is 2. The highest BCUT2D eigenvalue weighted by molar-refractivity contribution is 5.97. The second-order valence-electron chi connectivity index (χ2n) is 5.33. The number of phenolic OH excluding ortho intramolecular Hbond substituents is 2. The molecule has 2 aliphatic rings. The number of hydrogen-bond acceptors (Lipinski definition) is 3. The molecule has 0 bridgehead atoms. The van der Waals surface area contributed by atoms with Crippen LogP contribution in [-0.4, -0.2) is 33.6 Å². The van der Waals surface area contributed by atoms with Crippen LogP contribution < -0.4 is 0 Å². The molecule has 18 heavy (non-hydrogen) atoms. The molecule has 96 valence electrons. The van der Waals surface area contributed by atoms with Crippen molar-refractivity contribution in [1.29, 1.82) is 0 Å². The van der Waals surface area contributed by atoms with E-state index in [4.69, 9.17) is 0 Å². The predicted molar refractivity (Wildman–Crippen MR) is 66.6 cm³/mol. The summed E-state index contributed by atoms with van der Waals surface area (Å²) in [6.45, 7) is 0.809. The zero-order valence-corrected chi connectivity index (χ0v) is 10.2. The Kier molecular flexibility index (Phi) is 2.65. The molecule has 0 unspecified atom stereocenters. The molecule has 1 amide bonds. The molecule has 0 aliphatic heterocycles. The number of aromatic hydroxyl groups is 2. The highest BCUT2D eigenvalue weighted by Crippen LogP contribution is 2.36.